The average Bonchev–Trinajstić information content (AvgIpc) is 3.58. The Hall–Kier alpha value is -4.85. The predicted octanol–water partition coefficient (Wildman–Crippen LogP) is 6.69. The molecule has 2 atom stereocenters. The molecule has 3 aromatic heterocycles. The number of hydrogen-bond donors (Lipinski definition) is 1. The van der Waals surface area contributed by atoms with Gasteiger partial charge in [0.25, 0.3) is 6.08 Å². The average molecular weight is 763 g/mol. The number of rotatable bonds is 8. The first-order valence-electron chi connectivity index (χ1n) is 17.9. The number of benzene rings is 1. The molecule has 1 aliphatic carbocycles. The van der Waals surface area contributed by atoms with Gasteiger partial charge in [-0.05, 0) is 62.3 Å². The van der Waals surface area contributed by atoms with Crippen LogP contribution >= 0.6 is 11.3 Å². The van der Waals surface area contributed by atoms with Gasteiger partial charge in [0.2, 0.25) is 5.91 Å². The predicted molar refractivity (Wildman–Crippen MR) is 196 cm³/mol. The van der Waals surface area contributed by atoms with Gasteiger partial charge in [-0.1, -0.05) is 6.58 Å². The molecule has 4 aromatic rings. The van der Waals surface area contributed by atoms with Crippen molar-refractivity contribution < 1.29 is 31.8 Å². The smallest absolute Gasteiger partial charge is 0.319 e. The van der Waals surface area contributed by atoms with Crippen molar-refractivity contribution in [1.29, 1.82) is 5.26 Å². The molecular weight excluding hydrogens is 725 g/mol. The maximum atomic E-state index is 17.5. The molecular formula is C38H38F4N8O3S. The molecule has 2 N–H and O–H groups in total. The molecule has 1 saturated carbocycles. The highest BCUT2D eigenvalue weighted by atomic mass is 32.1. The van der Waals surface area contributed by atoms with Gasteiger partial charge in [-0.3, -0.25) is 9.78 Å². The lowest BCUT2D eigenvalue weighted by atomic mass is 9.93. The Bertz CT molecular complexity index is 2290. The van der Waals surface area contributed by atoms with Crippen LogP contribution in [0.5, 0.6) is 6.01 Å². The zero-order valence-corrected chi connectivity index (χ0v) is 30.7. The summed E-state index contributed by atoms with van der Waals surface area (Å²) >= 11 is 0.899. The Morgan fingerprint density at radius 3 is 2.57 bits per heavy atom. The van der Waals surface area contributed by atoms with Crippen molar-refractivity contribution in [1.82, 2.24) is 24.8 Å². The van der Waals surface area contributed by atoms with Gasteiger partial charge >= 0.3 is 6.01 Å². The summed E-state index contributed by atoms with van der Waals surface area (Å²) < 4.78 is 71.3. The summed E-state index contributed by atoms with van der Waals surface area (Å²) in [5, 5.41) is 10.6. The second-order valence-corrected chi connectivity index (χ2v) is 15.8. The summed E-state index contributed by atoms with van der Waals surface area (Å²) in [4.78, 5) is 32.6. The van der Waals surface area contributed by atoms with Crippen molar-refractivity contribution in [3.8, 4) is 23.3 Å². The van der Waals surface area contributed by atoms with Crippen molar-refractivity contribution in [2.24, 2.45) is 5.41 Å². The number of piperazine rings is 1. The van der Waals surface area contributed by atoms with E-state index in [9.17, 15) is 18.8 Å². The highest BCUT2D eigenvalue weighted by Crippen LogP contribution is 2.49. The molecule has 6 heterocycles. The summed E-state index contributed by atoms with van der Waals surface area (Å²) in [6.45, 7) is 10.4. The van der Waals surface area contributed by atoms with Crippen molar-refractivity contribution >= 4 is 49.1 Å². The number of fused-ring (bicyclic) bond motifs is 4. The minimum Gasteiger partial charge on any atom is -0.463 e. The fourth-order valence-electron chi connectivity index (χ4n) is 8.13. The first-order chi connectivity index (χ1) is 25.9. The van der Waals surface area contributed by atoms with Crippen molar-refractivity contribution in [2.75, 3.05) is 50.0 Å². The second kappa shape index (κ2) is 13.8. The summed E-state index contributed by atoms with van der Waals surface area (Å²) in [5.74, 6) is -1.19. The van der Waals surface area contributed by atoms with Crippen LogP contribution in [0.4, 0.5) is 28.4 Å². The minimum absolute atomic E-state index is 0.0110. The fourth-order valence-corrected chi connectivity index (χ4v) is 9.05. The monoisotopic (exact) mass is 762 g/mol. The van der Waals surface area contributed by atoms with E-state index < -0.39 is 17.7 Å². The first kappa shape index (κ1) is 36.1. The van der Waals surface area contributed by atoms with Crippen LogP contribution in [0.25, 0.3) is 32.2 Å². The molecule has 3 fully saturated rings. The number of aromatic nitrogens is 3. The number of ether oxygens (including phenoxy) is 2. The fraction of sp³-hybridized carbons (Fsp3) is 0.447. The van der Waals surface area contributed by atoms with Crippen LogP contribution in [0.2, 0.25) is 0 Å². The van der Waals surface area contributed by atoms with Crippen molar-refractivity contribution in [3.63, 3.8) is 0 Å². The third-order valence-corrected chi connectivity index (χ3v) is 12.3. The van der Waals surface area contributed by atoms with Gasteiger partial charge in [0, 0.05) is 61.2 Å². The van der Waals surface area contributed by atoms with E-state index >= 15 is 8.78 Å². The second-order valence-electron chi connectivity index (χ2n) is 14.8. The highest BCUT2D eigenvalue weighted by molar-refractivity contribution is 7.23. The normalized spacial score (nSPS) is 21.0. The van der Waals surface area contributed by atoms with Gasteiger partial charge < -0.3 is 29.9 Å². The maximum Gasteiger partial charge on any atom is 0.319 e. The number of nitrogens with two attached hydrogens (primary N) is 1. The first-order valence-corrected chi connectivity index (χ1v) is 18.7. The van der Waals surface area contributed by atoms with Gasteiger partial charge in [0.05, 0.1) is 47.4 Å². The Kier molecular flexibility index (Phi) is 9.22. The quantitative estimate of drug-likeness (QED) is 0.153. The largest absolute Gasteiger partial charge is 0.463 e. The SMILES string of the molecule is C=CC(=O)N1C[C@H](C)N(c2nc(OCC3(CN4CCC(=C(F)F)CC4)CC3)nc3c(F)c(-c4ncc(F)c5sc(N)c(C#N)c45)c4c(c23)COC4)C[C@H]1C. The Labute approximate surface area is 312 Å². The molecule has 0 spiro atoms. The van der Waals surface area contributed by atoms with Gasteiger partial charge in [0.15, 0.2) is 11.6 Å². The zero-order valence-electron chi connectivity index (χ0n) is 29.9. The van der Waals surface area contributed by atoms with Gasteiger partial charge in [-0.15, -0.1) is 11.3 Å². The molecule has 16 heteroatoms. The standard InChI is InChI=1S/C38H38F4N8O3S/c1-4-26(51)49-13-20(3)50(14-19(49)2)36-29-24-16-52-15-23(24)27(31-28-22(11-43)35(44)54-33(28)25(39)12-45-31)30(40)32(29)46-37(47-36)53-18-38(7-8-38)17-48-9-5-21(6-10-48)34(41)42/h4,12,19-20H,1,5-10,13-18,44H2,2-3H3/t19-,20+/m1/s1. The van der Waals surface area contributed by atoms with Crippen LogP contribution in [-0.2, 0) is 22.7 Å². The van der Waals surface area contributed by atoms with Gasteiger partial charge in [-0.25, -0.2) is 8.78 Å². The van der Waals surface area contributed by atoms with E-state index in [-0.39, 0.29) is 92.2 Å². The lowest BCUT2D eigenvalue weighted by Gasteiger charge is -2.44. The number of nitrogen functional groups attached to an aromatic ring is 1. The molecule has 4 aliphatic rings. The number of nitrogens with zero attached hydrogens (tertiary/aromatic N) is 7. The Morgan fingerprint density at radius 1 is 1.15 bits per heavy atom. The summed E-state index contributed by atoms with van der Waals surface area (Å²) in [7, 11) is 0. The number of pyridine rings is 1. The lowest BCUT2D eigenvalue weighted by Crippen LogP contribution is -2.58. The molecule has 0 unspecified atom stereocenters. The molecule has 54 heavy (non-hydrogen) atoms. The molecule has 1 aromatic carbocycles. The Morgan fingerprint density at radius 2 is 1.89 bits per heavy atom. The zero-order chi connectivity index (χ0) is 38.1. The number of carbonyl (C=O) groups is 1. The molecule has 3 aliphatic heterocycles. The molecule has 11 nitrogen and oxygen atoms in total. The van der Waals surface area contributed by atoms with E-state index in [0.717, 1.165) is 30.4 Å². The Balaban J connectivity index is 1.24. The number of thiophene rings is 1. The molecule has 0 bridgehead atoms. The number of likely N-dealkylation sites (tertiary alicyclic amines) is 1. The lowest BCUT2D eigenvalue weighted by molar-refractivity contribution is -0.128. The molecule has 8 rings (SSSR count). The van der Waals surface area contributed by atoms with E-state index in [4.69, 9.17) is 20.2 Å². The van der Waals surface area contributed by atoms with E-state index in [1.807, 2.05) is 24.8 Å². The number of anilines is 2. The molecule has 2 saturated heterocycles. The number of carbonyl (C=O) groups excluding carboxylic acids is 1. The van der Waals surface area contributed by atoms with Gasteiger partial charge in [-0.2, -0.15) is 24.0 Å². The number of hydrogen-bond acceptors (Lipinski definition) is 11. The van der Waals surface area contributed by atoms with Crippen molar-refractivity contribution in [2.45, 2.75) is 64.8 Å². The molecule has 1 amide bonds. The third-order valence-electron chi connectivity index (χ3n) is 11.3. The number of piperidine rings is 1. The summed E-state index contributed by atoms with van der Waals surface area (Å²) in [6, 6.07) is 1.51. The van der Waals surface area contributed by atoms with Crippen LogP contribution in [0.15, 0.2) is 30.5 Å². The van der Waals surface area contributed by atoms with Crippen LogP contribution in [0, 0.1) is 28.4 Å². The maximum absolute atomic E-state index is 17.5. The van der Waals surface area contributed by atoms with Crippen LogP contribution in [-0.4, -0.2) is 82.1 Å². The van der Waals surface area contributed by atoms with E-state index in [2.05, 4.69) is 21.4 Å². The topological polar surface area (TPSA) is 134 Å². The number of amides is 1. The van der Waals surface area contributed by atoms with Crippen LogP contribution < -0.4 is 15.4 Å². The van der Waals surface area contributed by atoms with Gasteiger partial charge in [0.1, 0.15) is 22.4 Å². The summed E-state index contributed by atoms with van der Waals surface area (Å²) in [6.07, 6.45) is 3.11. The van der Waals surface area contributed by atoms with Crippen molar-refractivity contribution in [3.05, 3.63) is 58.8 Å². The molecule has 0 radical (unpaired) electrons. The van der Waals surface area contributed by atoms with E-state index in [1.165, 1.54) is 6.08 Å². The van der Waals surface area contributed by atoms with E-state index in [1.54, 1.807) is 4.90 Å². The number of nitriles is 1. The third kappa shape index (κ3) is 6.11. The van der Waals surface area contributed by atoms with Crippen LogP contribution in [0.3, 0.4) is 0 Å². The van der Waals surface area contributed by atoms with Crippen LogP contribution in [0.1, 0.15) is 56.2 Å². The molecule has 282 valence electrons. The minimum atomic E-state index is -1.59. The number of halogens is 4. The highest BCUT2D eigenvalue weighted by Gasteiger charge is 2.46. The van der Waals surface area contributed by atoms with E-state index in [0.29, 0.717) is 67.9 Å². The summed E-state index contributed by atoms with van der Waals surface area (Å²) in [5.41, 5.74) is 7.29.